The van der Waals surface area contributed by atoms with Crippen LogP contribution in [0.15, 0.2) is 48.5 Å². The summed E-state index contributed by atoms with van der Waals surface area (Å²) in [5.41, 5.74) is 0.621. The van der Waals surface area contributed by atoms with E-state index < -0.39 is 23.3 Å². The maximum Gasteiger partial charge on any atom is 0.355 e. The normalized spacial score (nSPS) is 11.0. The van der Waals surface area contributed by atoms with Gasteiger partial charge in [-0.1, -0.05) is 24.3 Å². The van der Waals surface area contributed by atoms with Gasteiger partial charge in [0.2, 0.25) is 0 Å². The molecule has 0 saturated heterocycles. The number of carbonyl (C=O) groups is 1. The average molecular weight is 287 g/mol. The second-order valence-electron chi connectivity index (χ2n) is 4.70. The number of fused-ring (bicyclic) bond motifs is 1. The third kappa shape index (κ3) is 2.27. The molecule has 2 aromatic carbocycles. The summed E-state index contributed by atoms with van der Waals surface area (Å²) in [4.78, 5) is 11.3. The zero-order valence-electron chi connectivity index (χ0n) is 10.9. The lowest BCUT2D eigenvalue weighted by Gasteiger charge is -2.08. The molecule has 0 spiro atoms. The van der Waals surface area contributed by atoms with Crippen molar-refractivity contribution >= 4 is 16.9 Å². The molecule has 21 heavy (non-hydrogen) atoms. The Morgan fingerprint density at radius 2 is 1.86 bits per heavy atom. The minimum Gasteiger partial charge on any atom is -0.476 e. The van der Waals surface area contributed by atoms with E-state index in [4.69, 9.17) is 0 Å². The van der Waals surface area contributed by atoms with Crippen molar-refractivity contribution in [2.45, 2.75) is 6.54 Å². The van der Waals surface area contributed by atoms with Gasteiger partial charge in [-0.2, -0.15) is 0 Å². The number of aromatic carboxylic acids is 1. The van der Waals surface area contributed by atoms with E-state index in [1.165, 1.54) is 28.8 Å². The zero-order valence-corrected chi connectivity index (χ0v) is 10.9. The van der Waals surface area contributed by atoms with Gasteiger partial charge in [0, 0.05) is 11.9 Å². The largest absolute Gasteiger partial charge is 0.476 e. The molecule has 0 atom stereocenters. The quantitative estimate of drug-likeness (QED) is 0.798. The first-order chi connectivity index (χ1) is 10.1. The third-order valence-corrected chi connectivity index (χ3v) is 3.34. The minimum atomic E-state index is -1.35. The van der Waals surface area contributed by atoms with Gasteiger partial charge >= 0.3 is 5.97 Å². The van der Waals surface area contributed by atoms with E-state index in [0.717, 1.165) is 0 Å². The zero-order chi connectivity index (χ0) is 15.0. The summed E-state index contributed by atoms with van der Waals surface area (Å²) in [7, 11) is 0. The van der Waals surface area contributed by atoms with Crippen molar-refractivity contribution < 1.29 is 18.7 Å². The van der Waals surface area contributed by atoms with E-state index in [1.807, 2.05) is 0 Å². The van der Waals surface area contributed by atoms with Crippen molar-refractivity contribution in [2.75, 3.05) is 0 Å². The van der Waals surface area contributed by atoms with Gasteiger partial charge in [-0.25, -0.2) is 13.6 Å². The second-order valence-corrected chi connectivity index (χ2v) is 4.70. The van der Waals surface area contributed by atoms with Gasteiger partial charge in [0.15, 0.2) is 11.5 Å². The molecule has 0 unspecified atom stereocenters. The van der Waals surface area contributed by atoms with Crippen LogP contribution in [-0.4, -0.2) is 15.6 Å². The Hall–Kier alpha value is -2.69. The summed E-state index contributed by atoms with van der Waals surface area (Å²) in [6.07, 6.45) is 0. The summed E-state index contributed by atoms with van der Waals surface area (Å²) >= 11 is 0. The molecule has 0 bridgehead atoms. The number of hydrogen-bond acceptors (Lipinski definition) is 1. The Bertz CT molecular complexity index is 839. The summed E-state index contributed by atoms with van der Waals surface area (Å²) in [6, 6.07) is 12.3. The molecule has 0 aliphatic heterocycles. The molecule has 0 radical (unpaired) electrons. The van der Waals surface area contributed by atoms with Crippen LogP contribution in [-0.2, 0) is 6.54 Å². The maximum atomic E-state index is 14.2. The molecular weight excluding hydrogens is 276 g/mol. The Morgan fingerprint density at radius 1 is 1.10 bits per heavy atom. The number of hydrogen-bond donors (Lipinski definition) is 1. The molecule has 0 saturated carbocycles. The summed E-state index contributed by atoms with van der Waals surface area (Å²) < 4.78 is 28.8. The smallest absolute Gasteiger partial charge is 0.355 e. The minimum absolute atomic E-state index is 0.0871. The van der Waals surface area contributed by atoms with E-state index in [1.54, 1.807) is 24.3 Å². The van der Waals surface area contributed by atoms with E-state index in [0.29, 0.717) is 11.1 Å². The molecule has 0 fully saturated rings. The number of halogens is 2. The van der Waals surface area contributed by atoms with Crippen LogP contribution in [0.2, 0.25) is 0 Å². The Kier molecular flexibility index (Phi) is 3.17. The molecule has 5 heteroatoms. The van der Waals surface area contributed by atoms with Gasteiger partial charge < -0.3 is 9.67 Å². The Morgan fingerprint density at radius 3 is 2.57 bits per heavy atom. The van der Waals surface area contributed by atoms with Gasteiger partial charge in [0.1, 0.15) is 5.82 Å². The third-order valence-electron chi connectivity index (χ3n) is 3.34. The highest BCUT2D eigenvalue weighted by Crippen LogP contribution is 2.26. The highest BCUT2D eigenvalue weighted by atomic mass is 19.1. The number of para-hydroxylation sites is 1. The van der Waals surface area contributed by atoms with Gasteiger partial charge in [-0.05, 0) is 29.8 Å². The SMILES string of the molecule is O=C(O)c1c(F)c2ccccc2n1Cc1cccc(F)c1. The van der Waals surface area contributed by atoms with Crippen LogP contribution in [0, 0.1) is 11.6 Å². The molecule has 0 amide bonds. The lowest BCUT2D eigenvalue weighted by Crippen LogP contribution is -2.11. The van der Waals surface area contributed by atoms with E-state index >= 15 is 0 Å². The van der Waals surface area contributed by atoms with Gasteiger partial charge in [0.05, 0.1) is 5.52 Å². The summed E-state index contributed by atoms with van der Waals surface area (Å²) in [5.74, 6) is -2.53. The maximum absolute atomic E-state index is 14.2. The van der Waals surface area contributed by atoms with E-state index in [9.17, 15) is 18.7 Å². The number of benzene rings is 2. The molecular formula is C16H11F2NO2. The van der Waals surface area contributed by atoms with Crippen molar-refractivity contribution in [3.05, 3.63) is 71.4 Å². The first kappa shape index (κ1) is 13.3. The average Bonchev–Trinajstić information content (AvgIpc) is 2.73. The van der Waals surface area contributed by atoms with Gasteiger partial charge in [-0.3, -0.25) is 0 Å². The van der Waals surface area contributed by atoms with Crippen LogP contribution in [0.1, 0.15) is 16.1 Å². The monoisotopic (exact) mass is 287 g/mol. The first-order valence-corrected chi connectivity index (χ1v) is 6.32. The predicted molar refractivity (Wildman–Crippen MR) is 74.4 cm³/mol. The lowest BCUT2D eigenvalue weighted by atomic mass is 10.2. The van der Waals surface area contributed by atoms with Crippen LogP contribution in [0.5, 0.6) is 0 Å². The molecule has 3 aromatic rings. The number of carboxylic acids is 1. The highest BCUT2D eigenvalue weighted by Gasteiger charge is 2.22. The topological polar surface area (TPSA) is 42.2 Å². The first-order valence-electron chi connectivity index (χ1n) is 6.32. The number of rotatable bonds is 3. The lowest BCUT2D eigenvalue weighted by molar-refractivity contribution is 0.0681. The number of aromatic nitrogens is 1. The standard InChI is InChI=1S/C16H11F2NO2/c17-11-5-3-4-10(8-11)9-19-13-7-2-1-6-12(13)14(18)15(19)16(20)21/h1-8H,9H2,(H,20,21). The van der Waals surface area contributed by atoms with E-state index in [-0.39, 0.29) is 11.9 Å². The summed E-state index contributed by atoms with van der Waals surface area (Å²) in [6.45, 7) is 0.0871. The number of carboxylic acid groups (broad SMARTS) is 1. The fraction of sp³-hybridized carbons (Fsp3) is 0.0625. The molecule has 0 aliphatic rings. The molecule has 1 N–H and O–H groups in total. The Labute approximate surface area is 119 Å². The fourth-order valence-electron chi connectivity index (χ4n) is 2.45. The second kappa shape index (κ2) is 5.01. The van der Waals surface area contributed by atoms with Crippen molar-refractivity contribution in [1.82, 2.24) is 4.57 Å². The van der Waals surface area contributed by atoms with Crippen LogP contribution in [0.25, 0.3) is 10.9 Å². The predicted octanol–water partition coefficient (Wildman–Crippen LogP) is 3.67. The van der Waals surface area contributed by atoms with E-state index in [2.05, 4.69) is 0 Å². The molecule has 1 heterocycles. The van der Waals surface area contributed by atoms with Crippen LogP contribution in [0.4, 0.5) is 8.78 Å². The van der Waals surface area contributed by atoms with Crippen molar-refractivity contribution in [3.8, 4) is 0 Å². The molecule has 0 aliphatic carbocycles. The molecule has 1 aromatic heterocycles. The molecule has 3 nitrogen and oxygen atoms in total. The highest BCUT2D eigenvalue weighted by molar-refractivity contribution is 5.95. The van der Waals surface area contributed by atoms with Gasteiger partial charge in [0.25, 0.3) is 0 Å². The molecule has 3 rings (SSSR count). The molecule has 106 valence electrons. The van der Waals surface area contributed by atoms with Crippen LogP contribution in [0.3, 0.4) is 0 Å². The van der Waals surface area contributed by atoms with Crippen molar-refractivity contribution in [2.24, 2.45) is 0 Å². The van der Waals surface area contributed by atoms with Crippen molar-refractivity contribution in [3.63, 3.8) is 0 Å². The van der Waals surface area contributed by atoms with Crippen LogP contribution >= 0.6 is 0 Å². The van der Waals surface area contributed by atoms with Crippen molar-refractivity contribution in [1.29, 1.82) is 0 Å². The van der Waals surface area contributed by atoms with Crippen LogP contribution < -0.4 is 0 Å². The fourth-order valence-corrected chi connectivity index (χ4v) is 2.45. The summed E-state index contributed by atoms with van der Waals surface area (Å²) in [5, 5.41) is 9.49. The number of nitrogens with zero attached hydrogens (tertiary/aromatic N) is 1. The van der Waals surface area contributed by atoms with Gasteiger partial charge in [-0.15, -0.1) is 0 Å². The Balaban J connectivity index is 2.21.